The SMILES string of the molecule is CCOc1cc(C=O)ccc1O[C@H](C)CC. The molecule has 1 aromatic rings. The molecule has 16 heavy (non-hydrogen) atoms. The molecular formula is C13H18O3. The van der Waals surface area contributed by atoms with Crippen LogP contribution in [-0.4, -0.2) is 19.0 Å². The van der Waals surface area contributed by atoms with Gasteiger partial charge in [0.1, 0.15) is 6.29 Å². The fraction of sp³-hybridized carbons (Fsp3) is 0.462. The first-order valence-corrected chi connectivity index (χ1v) is 5.59. The van der Waals surface area contributed by atoms with Crippen molar-refractivity contribution < 1.29 is 14.3 Å². The maximum Gasteiger partial charge on any atom is 0.161 e. The highest BCUT2D eigenvalue weighted by Crippen LogP contribution is 2.29. The average molecular weight is 222 g/mol. The van der Waals surface area contributed by atoms with Gasteiger partial charge >= 0.3 is 0 Å². The quantitative estimate of drug-likeness (QED) is 0.694. The zero-order chi connectivity index (χ0) is 12.0. The summed E-state index contributed by atoms with van der Waals surface area (Å²) in [6, 6.07) is 5.21. The Kier molecular flexibility index (Phi) is 4.83. The molecule has 0 heterocycles. The lowest BCUT2D eigenvalue weighted by atomic mass is 10.2. The summed E-state index contributed by atoms with van der Waals surface area (Å²) in [5, 5.41) is 0. The highest BCUT2D eigenvalue weighted by Gasteiger charge is 2.08. The van der Waals surface area contributed by atoms with Crippen molar-refractivity contribution in [3.05, 3.63) is 23.8 Å². The van der Waals surface area contributed by atoms with Crippen LogP contribution in [0.1, 0.15) is 37.6 Å². The number of benzene rings is 1. The van der Waals surface area contributed by atoms with E-state index < -0.39 is 0 Å². The smallest absolute Gasteiger partial charge is 0.161 e. The van der Waals surface area contributed by atoms with Crippen molar-refractivity contribution in [1.29, 1.82) is 0 Å². The van der Waals surface area contributed by atoms with Gasteiger partial charge in [0.2, 0.25) is 0 Å². The molecule has 0 radical (unpaired) electrons. The summed E-state index contributed by atoms with van der Waals surface area (Å²) in [7, 11) is 0. The van der Waals surface area contributed by atoms with Crippen LogP contribution >= 0.6 is 0 Å². The molecule has 0 fully saturated rings. The summed E-state index contributed by atoms with van der Waals surface area (Å²) in [5.74, 6) is 1.33. The first-order chi connectivity index (χ1) is 7.71. The Hall–Kier alpha value is -1.51. The molecule has 1 aromatic carbocycles. The lowest BCUT2D eigenvalue weighted by Crippen LogP contribution is -2.11. The monoisotopic (exact) mass is 222 g/mol. The van der Waals surface area contributed by atoms with Crippen LogP contribution in [0.2, 0.25) is 0 Å². The number of hydrogen-bond acceptors (Lipinski definition) is 3. The molecule has 0 N–H and O–H groups in total. The predicted octanol–water partition coefficient (Wildman–Crippen LogP) is 3.08. The van der Waals surface area contributed by atoms with Gasteiger partial charge in [-0.05, 0) is 38.5 Å². The Labute approximate surface area is 96.4 Å². The molecule has 0 amide bonds. The van der Waals surface area contributed by atoms with E-state index in [2.05, 4.69) is 6.92 Å². The molecule has 0 aromatic heterocycles. The first-order valence-electron chi connectivity index (χ1n) is 5.59. The molecule has 0 aliphatic heterocycles. The van der Waals surface area contributed by atoms with Crippen LogP contribution in [-0.2, 0) is 0 Å². The lowest BCUT2D eigenvalue weighted by Gasteiger charge is -2.16. The molecular weight excluding hydrogens is 204 g/mol. The van der Waals surface area contributed by atoms with Gasteiger partial charge < -0.3 is 9.47 Å². The average Bonchev–Trinajstić information content (AvgIpc) is 2.31. The number of aldehydes is 1. The van der Waals surface area contributed by atoms with E-state index in [4.69, 9.17) is 9.47 Å². The number of carbonyl (C=O) groups is 1. The van der Waals surface area contributed by atoms with Crippen LogP contribution in [0.25, 0.3) is 0 Å². The van der Waals surface area contributed by atoms with Crippen LogP contribution in [0, 0.1) is 0 Å². The Morgan fingerprint density at radius 1 is 1.31 bits per heavy atom. The molecule has 3 nitrogen and oxygen atoms in total. The second-order valence-electron chi connectivity index (χ2n) is 3.59. The van der Waals surface area contributed by atoms with Crippen LogP contribution < -0.4 is 9.47 Å². The number of ether oxygens (including phenoxy) is 2. The van der Waals surface area contributed by atoms with E-state index in [9.17, 15) is 4.79 Å². The predicted molar refractivity (Wildman–Crippen MR) is 63.4 cm³/mol. The summed E-state index contributed by atoms with van der Waals surface area (Å²) in [4.78, 5) is 10.7. The Morgan fingerprint density at radius 3 is 2.62 bits per heavy atom. The molecule has 1 rings (SSSR count). The molecule has 0 spiro atoms. The highest BCUT2D eigenvalue weighted by atomic mass is 16.5. The second-order valence-corrected chi connectivity index (χ2v) is 3.59. The van der Waals surface area contributed by atoms with Crippen molar-refractivity contribution in [2.75, 3.05) is 6.61 Å². The first kappa shape index (κ1) is 12.6. The Morgan fingerprint density at radius 2 is 2.06 bits per heavy atom. The largest absolute Gasteiger partial charge is 0.490 e. The molecule has 3 heteroatoms. The summed E-state index contributed by atoms with van der Waals surface area (Å²) in [6.07, 6.45) is 1.87. The van der Waals surface area contributed by atoms with Crippen molar-refractivity contribution in [2.45, 2.75) is 33.3 Å². The van der Waals surface area contributed by atoms with Gasteiger partial charge in [0.05, 0.1) is 12.7 Å². The van der Waals surface area contributed by atoms with E-state index >= 15 is 0 Å². The molecule has 0 unspecified atom stereocenters. The number of rotatable bonds is 6. The van der Waals surface area contributed by atoms with Crippen molar-refractivity contribution in [3.8, 4) is 11.5 Å². The third-order valence-corrected chi connectivity index (χ3v) is 2.31. The number of hydrogen-bond donors (Lipinski definition) is 0. The molecule has 1 atom stereocenters. The van der Waals surface area contributed by atoms with Gasteiger partial charge in [0, 0.05) is 5.56 Å². The minimum absolute atomic E-state index is 0.140. The molecule has 0 aliphatic rings. The minimum Gasteiger partial charge on any atom is -0.490 e. The highest BCUT2D eigenvalue weighted by molar-refractivity contribution is 5.76. The zero-order valence-electron chi connectivity index (χ0n) is 10.0. The van der Waals surface area contributed by atoms with Crippen LogP contribution in [0.4, 0.5) is 0 Å². The number of carbonyl (C=O) groups excluding carboxylic acids is 1. The topological polar surface area (TPSA) is 35.5 Å². The van der Waals surface area contributed by atoms with Gasteiger partial charge in [-0.2, -0.15) is 0 Å². The van der Waals surface area contributed by atoms with E-state index in [0.29, 0.717) is 23.7 Å². The normalized spacial score (nSPS) is 11.9. The van der Waals surface area contributed by atoms with Gasteiger partial charge in [-0.15, -0.1) is 0 Å². The summed E-state index contributed by atoms with van der Waals surface area (Å²) >= 11 is 0. The van der Waals surface area contributed by atoms with E-state index in [1.807, 2.05) is 13.8 Å². The Balaban J connectivity index is 2.92. The zero-order valence-corrected chi connectivity index (χ0v) is 10.0. The Bertz CT molecular complexity index is 347. The van der Waals surface area contributed by atoms with E-state index in [-0.39, 0.29) is 6.10 Å². The van der Waals surface area contributed by atoms with Crippen molar-refractivity contribution in [1.82, 2.24) is 0 Å². The van der Waals surface area contributed by atoms with E-state index in [0.717, 1.165) is 12.7 Å². The van der Waals surface area contributed by atoms with Gasteiger partial charge in [0.15, 0.2) is 11.5 Å². The van der Waals surface area contributed by atoms with E-state index in [1.54, 1.807) is 18.2 Å². The summed E-state index contributed by atoms with van der Waals surface area (Å²) in [5.41, 5.74) is 0.597. The standard InChI is InChI=1S/C13H18O3/c1-4-10(3)16-12-7-6-11(9-14)8-13(12)15-5-2/h6-10H,4-5H2,1-3H3/t10-/m1/s1. The van der Waals surface area contributed by atoms with Crippen LogP contribution in [0.15, 0.2) is 18.2 Å². The molecule has 0 saturated heterocycles. The van der Waals surface area contributed by atoms with Crippen molar-refractivity contribution in [2.24, 2.45) is 0 Å². The molecule has 0 bridgehead atoms. The van der Waals surface area contributed by atoms with Crippen molar-refractivity contribution >= 4 is 6.29 Å². The van der Waals surface area contributed by atoms with Crippen molar-refractivity contribution in [3.63, 3.8) is 0 Å². The summed E-state index contributed by atoms with van der Waals surface area (Å²) in [6.45, 7) is 6.52. The van der Waals surface area contributed by atoms with Gasteiger partial charge in [-0.25, -0.2) is 0 Å². The lowest BCUT2D eigenvalue weighted by molar-refractivity contribution is 0.112. The molecule has 0 aliphatic carbocycles. The summed E-state index contributed by atoms with van der Waals surface area (Å²) < 4.78 is 11.1. The second kappa shape index (κ2) is 6.16. The minimum atomic E-state index is 0.140. The maximum atomic E-state index is 10.7. The third kappa shape index (κ3) is 3.26. The van der Waals surface area contributed by atoms with Crippen LogP contribution in [0.3, 0.4) is 0 Å². The molecule has 88 valence electrons. The fourth-order valence-electron chi connectivity index (χ4n) is 1.26. The van der Waals surface area contributed by atoms with E-state index in [1.165, 1.54) is 0 Å². The maximum absolute atomic E-state index is 10.7. The van der Waals surface area contributed by atoms with Gasteiger partial charge in [-0.1, -0.05) is 6.92 Å². The van der Waals surface area contributed by atoms with Gasteiger partial charge in [0.25, 0.3) is 0 Å². The third-order valence-electron chi connectivity index (χ3n) is 2.31. The van der Waals surface area contributed by atoms with Gasteiger partial charge in [-0.3, -0.25) is 4.79 Å². The molecule has 0 saturated carbocycles. The van der Waals surface area contributed by atoms with Crippen LogP contribution in [0.5, 0.6) is 11.5 Å². The fourth-order valence-corrected chi connectivity index (χ4v) is 1.26.